The molecule has 4 saturated heterocycles. The number of fused-ring (bicyclic) bond motifs is 2. The molecule has 0 bridgehead atoms. The number of likely N-dealkylation sites (tertiary alicyclic amines) is 4. The van der Waals surface area contributed by atoms with Crippen LogP contribution in [0, 0.1) is 0 Å². The van der Waals surface area contributed by atoms with E-state index in [-0.39, 0.29) is 50.1 Å². The van der Waals surface area contributed by atoms with Gasteiger partial charge in [-0.05, 0) is 72.2 Å². The van der Waals surface area contributed by atoms with E-state index in [9.17, 15) is 19.2 Å². The summed E-state index contributed by atoms with van der Waals surface area (Å²) in [5.74, 6) is 2.65. The van der Waals surface area contributed by atoms with Crippen molar-refractivity contribution in [3.8, 4) is 23.0 Å². The summed E-state index contributed by atoms with van der Waals surface area (Å²) < 4.78 is 48.3. The van der Waals surface area contributed by atoms with Crippen molar-refractivity contribution < 1.29 is 57.1 Å². The molecular formula is C44H60N4O12. The highest BCUT2D eigenvalue weighted by molar-refractivity contribution is 5.80. The number of hydrogen-bond donors (Lipinski definition) is 0. The SMILES string of the molecule is O=C1CCCN1Cc1cc2c(cc1CN1CCCC1=O)OCCOCCOCCOc1cc(CN3CCCC3=O)c(CN3CCCC3=O)cc1OCCOCCOCCO2. The number of ether oxygens (including phenoxy) is 8. The maximum absolute atomic E-state index is 12.6. The van der Waals surface area contributed by atoms with Gasteiger partial charge in [-0.3, -0.25) is 19.2 Å². The molecule has 0 unspecified atom stereocenters. The Labute approximate surface area is 352 Å². The quantitative estimate of drug-likeness (QED) is 0.383. The van der Waals surface area contributed by atoms with Gasteiger partial charge in [-0.2, -0.15) is 0 Å². The topological polar surface area (TPSA) is 155 Å². The van der Waals surface area contributed by atoms with E-state index in [0.29, 0.717) is 154 Å². The molecule has 5 heterocycles. The number of rotatable bonds is 8. The molecule has 0 radical (unpaired) electrons. The van der Waals surface area contributed by atoms with Gasteiger partial charge in [0.15, 0.2) is 23.0 Å². The summed E-state index contributed by atoms with van der Waals surface area (Å²) in [6.07, 6.45) is 5.49. The Morgan fingerprint density at radius 1 is 0.333 bits per heavy atom. The third-order valence-electron chi connectivity index (χ3n) is 11.3. The highest BCUT2D eigenvalue weighted by Crippen LogP contribution is 2.35. The summed E-state index contributed by atoms with van der Waals surface area (Å²) in [6.45, 7) is 8.22. The van der Waals surface area contributed by atoms with E-state index in [1.807, 2.05) is 43.9 Å². The molecule has 0 aromatic heterocycles. The molecule has 60 heavy (non-hydrogen) atoms. The van der Waals surface area contributed by atoms with Gasteiger partial charge < -0.3 is 57.5 Å². The van der Waals surface area contributed by atoms with Crippen LogP contribution in [0.5, 0.6) is 23.0 Å². The van der Waals surface area contributed by atoms with Crippen LogP contribution in [0.1, 0.15) is 73.6 Å². The van der Waals surface area contributed by atoms with Crippen molar-refractivity contribution in [1.82, 2.24) is 19.6 Å². The Balaban J connectivity index is 0.995. The minimum absolute atomic E-state index is 0.126. The second-order valence-corrected chi connectivity index (χ2v) is 15.7. The molecule has 0 aliphatic carbocycles. The summed E-state index contributed by atoms with van der Waals surface area (Å²) in [6, 6.07) is 7.73. The number of carbonyl (C=O) groups excluding carboxylic acids is 4. The van der Waals surface area contributed by atoms with Crippen LogP contribution >= 0.6 is 0 Å². The number of hydrogen-bond acceptors (Lipinski definition) is 12. The smallest absolute Gasteiger partial charge is 0.222 e. The van der Waals surface area contributed by atoms with Gasteiger partial charge in [0.05, 0.1) is 52.9 Å². The van der Waals surface area contributed by atoms with E-state index in [4.69, 9.17) is 37.9 Å². The van der Waals surface area contributed by atoms with Crippen LogP contribution in [0.25, 0.3) is 0 Å². The monoisotopic (exact) mass is 836 g/mol. The molecule has 0 saturated carbocycles. The lowest BCUT2D eigenvalue weighted by Gasteiger charge is -2.24. The molecule has 5 aliphatic rings. The van der Waals surface area contributed by atoms with Crippen molar-refractivity contribution in [3.63, 3.8) is 0 Å². The molecule has 16 heteroatoms. The third kappa shape index (κ3) is 12.2. The summed E-state index contributed by atoms with van der Waals surface area (Å²) in [4.78, 5) is 57.9. The lowest BCUT2D eigenvalue weighted by molar-refractivity contribution is -0.129. The van der Waals surface area contributed by atoms with Crippen molar-refractivity contribution in [2.75, 3.05) is 105 Å². The average Bonchev–Trinajstić information content (AvgIpc) is 4.05. The standard InChI is InChI=1S/C44H60N4O12/c49-41-5-1-9-45(41)29-33-25-37-38(26-34(33)30-46-10-2-6-42(46)50)58-22-18-54-15-16-56-20-24-60-40-28-36(32-48-12-4-8-44(48)52)35(31-47-11-3-7-43(47)51)27-39(40)59-23-19-55-14-13-53-17-21-57-37/h25-28H,1-24,29-32H2. The van der Waals surface area contributed by atoms with Crippen LogP contribution < -0.4 is 18.9 Å². The normalized spacial score (nSPS) is 20.9. The molecule has 0 N–H and O–H groups in total. The molecule has 328 valence electrons. The largest absolute Gasteiger partial charge is 0.487 e. The summed E-state index contributed by atoms with van der Waals surface area (Å²) in [5.41, 5.74) is 3.70. The minimum atomic E-state index is 0.126. The van der Waals surface area contributed by atoms with Gasteiger partial charge in [-0.25, -0.2) is 0 Å². The molecule has 7 rings (SSSR count). The van der Waals surface area contributed by atoms with Gasteiger partial charge >= 0.3 is 0 Å². The van der Waals surface area contributed by atoms with Crippen LogP contribution in [0.4, 0.5) is 0 Å². The predicted octanol–water partition coefficient (Wildman–Crippen LogP) is 3.47. The zero-order valence-corrected chi connectivity index (χ0v) is 34.8. The zero-order chi connectivity index (χ0) is 41.5. The molecule has 16 nitrogen and oxygen atoms in total. The van der Waals surface area contributed by atoms with E-state index in [0.717, 1.165) is 47.9 Å². The average molecular weight is 837 g/mol. The van der Waals surface area contributed by atoms with Crippen LogP contribution in [-0.2, 0) is 64.3 Å². The highest BCUT2D eigenvalue weighted by Gasteiger charge is 2.28. The molecule has 0 spiro atoms. The Morgan fingerprint density at radius 3 is 0.750 bits per heavy atom. The second kappa shape index (κ2) is 22.3. The first kappa shape index (κ1) is 43.4. The molecule has 2 aromatic carbocycles. The highest BCUT2D eigenvalue weighted by atomic mass is 16.6. The Bertz CT molecular complexity index is 1540. The molecule has 4 fully saturated rings. The Kier molecular flexibility index (Phi) is 16.1. The first-order valence-electron chi connectivity index (χ1n) is 21.7. The molecule has 2 aromatic rings. The van der Waals surface area contributed by atoms with E-state index in [2.05, 4.69) is 0 Å². The Morgan fingerprint density at radius 2 is 0.550 bits per heavy atom. The molecule has 5 aliphatic heterocycles. The van der Waals surface area contributed by atoms with E-state index < -0.39 is 0 Å². The van der Waals surface area contributed by atoms with Crippen molar-refractivity contribution in [3.05, 3.63) is 46.5 Å². The van der Waals surface area contributed by atoms with E-state index in [1.165, 1.54) is 0 Å². The fourth-order valence-electron chi connectivity index (χ4n) is 8.12. The van der Waals surface area contributed by atoms with Crippen LogP contribution in [0.3, 0.4) is 0 Å². The van der Waals surface area contributed by atoms with Gasteiger partial charge in [-0.15, -0.1) is 0 Å². The first-order chi connectivity index (χ1) is 29.4. The minimum Gasteiger partial charge on any atom is -0.487 e. The number of benzene rings is 2. The van der Waals surface area contributed by atoms with Crippen molar-refractivity contribution in [1.29, 1.82) is 0 Å². The van der Waals surface area contributed by atoms with Crippen LogP contribution in [0.15, 0.2) is 24.3 Å². The van der Waals surface area contributed by atoms with Crippen molar-refractivity contribution in [2.45, 2.75) is 77.5 Å². The van der Waals surface area contributed by atoms with Crippen molar-refractivity contribution >= 4 is 23.6 Å². The maximum Gasteiger partial charge on any atom is 0.222 e. The third-order valence-corrected chi connectivity index (χ3v) is 11.3. The Hall–Kier alpha value is -4.64. The van der Waals surface area contributed by atoms with E-state index >= 15 is 0 Å². The zero-order valence-electron chi connectivity index (χ0n) is 34.8. The van der Waals surface area contributed by atoms with Crippen LogP contribution in [-0.4, -0.2) is 149 Å². The van der Waals surface area contributed by atoms with Gasteiger partial charge in [0.2, 0.25) is 23.6 Å². The summed E-state index contributed by atoms with van der Waals surface area (Å²) in [5, 5.41) is 0. The van der Waals surface area contributed by atoms with Gasteiger partial charge in [0, 0.05) is 78.0 Å². The fraction of sp³-hybridized carbons (Fsp3) is 0.636. The first-order valence-corrected chi connectivity index (χ1v) is 21.7. The molecule has 4 amide bonds. The van der Waals surface area contributed by atoms with Gasteiger partial charge in [0.25, 0.3) is 0 Å². The van der Waals surface area contributed by atoms with E-state index in [1.54, 1.807) is 0 Å². The fourth-order valence-corrected chi connectivity index (χ4v) is 8.12. The van der Waals surface area contributed by atoms with Crippen LogP contribution in [0.2, 0.25) is 0 Å². The number of carbonyl (C=O) groups is 4. The van der Waals surface area contributed by atoms with Gasteiger partial charge in [0.1, 0.15) is 26.4 Å². The molecular weight excluding hydrogens is 776 g/mol. The summed E-state index contributed by atoms with van der Waals surface area (Å²) in [7, 11) is 0. The van der Waals surface area contributed by atoms with Gasteiger partial charge in [-0.1, -0.05) is 0 Å². The molecule has 0 atom stereocenters. The second-order valence-electron chi connectivity index (χ2n) is 15.7. The number of nitrogens with zero attached hydrogens (tertiary/aromatic N) is 4. The maximum atomic E-state index is 12.6. The predicted molar refractivity (Wildman–Crippen MR) is 217 cm³/mol. The number of amides is 4. The lowest BCUT2D eigenvalue weighted by Crippen LogP contribution is -2.27. The summed E-state index contributed by atoms with van der Waals surface area (Å²) >= 11 is 0. The lowest BCUT2D eigenvalue weighted by atomic mass is 10.0. The van der Waals surface area contributed by atoms with Crippen molar-refractivity contribution in [2.24, 2.45) is 0 Å².